The van der Waals surface area contributed by atoms with Gasteiger partial charge in [-0.1, -0.05) is 11.6 Å². The second-order valence-corrected chi connectivity index (χ2v) is 5.10. The van der Waals surface area contributed by atoms with Crippen LogP contribution >= 0.6 is 11.6 Å². The number of carbonyl (C=O) groups excluding carboxylic acids is 1. The van der Waals surface area contributed by atoms with Crippen molar-refractivity contribution in [1.82, 2.24) is 20.5 Å². The maximum atomic E-state index is 12.2. The van der Waals surface area contributed by atoms with Crippen LogP contribution in [0.25, 0.3) is 0 Å². The minimum absolute atomic E-state index is 0.179. The van der Waals surface area contributed by atoms with E-state index in [1.807, 2.05) is 13.0 Å². The summed E-state index contributed by atoms with van der Waals surface area (Å²) in [6, 6.07) is 5.10. The topological polar surface area (TPSA) is 79.9 Å². The number of halogens is 1. The number of nitrogens with zero attached hydrogens (tertiary/aromatic N) is 2. The third-order valence-corrected chi connectivity index (χ3v) is 3.43. The van der Waals surface area contributed by atoms with E-state index in [1.54, 1.807) is 12.1 Å². The molecule has 1 aliphatic rings. The number of aromatic amines is 1. The zero-order chi connectivity index (χ0) is 14.1. The van der Waals surface area contributed by atoms with Gasteiger partial charge in [0.15, 0.2) is 6.10 Å². The van der Waals surface area contributed by atoms with E-state index < -0.39 is 6.10 Å². The van der Waals surface area contributed by atoms with Gasteiger partial charge in [-0.25, -0.2) is 4.98 Å². The van der Waals surface area contributed by atoms with Gasteiger partial charge in [0.2, 0.25) is 0 Å². The summed E-state index contributed by atoms with van der Waals surface area (Å²) in [5.74, 6) is 1.14. The van der Waals surface area contributed by atoms with Gasteiger partial charge >= 0.3 is 0 Å². The quantitative estimate of drug-likeness (QED) is 0.901. The monoisotopic (exact) mass is 292 g/mol. The highest BCUT2D eigenvalue weighted by atomic mass is 35.5. The molecule has 2 N–H and O–H groups in total. The molecular formula is C13H13ClN4O2. The van der Waals surface area contributed by atoms with Crippen LogP contribution in [0.1, 0.15) is 24.4 Å². The molecule has 6 nitrogen and oxygen atoms in total. The molecule has 2 unspecified atom stereocenters. The molecule has 20 heavy (non-hydrogen) atoms. The Morgan fingerprint density at radius 2 is 2.45 bits per heavy atom. The van der Waals surface area contributed by atoms with E-state index in [-0.39, 0.29) is 11.9 Å². The first-order chi connectivity index (χ1) is 9.63. The van der Waals surface area contributed by atoms with Crippen molar-refractivity contribution >= 4 is 17.5 Å². The number of rotatable bonds is 3. The number of hydrogen-bond donors (Lipinski definition) is 2. The highest BCUT2D eigenvalue weighted by Gasteiger charge is 2.30. The number of amides is 1. The van der Waals surface area contributed by atoms with Gasteiger partial charge in [0, 0.05) is 11.4 Å². The smallest absolute Gasteiger partial charge is 0.262 e. The SMILES string of the molecule is CC(NC(=O)C1Cc2cc(Cl)ccc2O1)c1ncn[nH]1. The number of nitrogens with one attached hydrogen (secondary N) is 2. The summed E-state index contributed by atoms with van der Waals surface area (Å²) in [4.78, 5) is 16.2. The van der Waals surface area contributed by atoms with E-state index >= 15 is 0 Å². The highest BCUT2D eigenvalue weighted by molar-refractivity contribution is 6.30. The van der Waals surface area contributed by atoms with Crippen molar-refractivity contribution in [1.29, 1.82) is 0 Å². The molecular weight excluding hydrogens is 280 g/mol. The van der Waals surface area contributed by atoms with Crippen LogP contribution in [0.3, 0.4) is 0 Å². The van der Waals surface area contributed by atoms with Gasteiger partial charge in [-0.15, -0.1) is 0 Å². The van der Waals surface area contributed by atoms with Crippen molar-refractivity contribution in [3.63, 3.8) is 0 Å². The number of fused-ring (bicyclic) bond motifs is 1. The summed E-state index contributed by atoms with van der Waals surface area (Å²) in [5, 5.41) is 9.97. The molecule has 2 aromatic rings. The van der Waals surface area contributed by atoms with Crippen molar-refractivity contribution in [2.24, 2.45) is 0 Å². The van der Waals surface area contributed by atoms with Crippen molar-refractivity contribution < 1.29 is 9.53 Å². The summed E-state index contributed by atoms with van der Waals surface area (Å²) >= 11 is 5.93. The van der Waals surface area contributed by atoms with E-state index in [2.05, 4.69) is 20.5 Å². The van der Waals surface area contributed by atoms with E-state index in [4.69, 9.17) is 16.3 Å². The summed E-state index contributed by atoms with van der Waals surface area (Å²) in [5.41, 5.74) is 0.949. The fourth-order valence-corrected chi connectivity index (χ4v) is 2.36. The van der Waals surface area contributed by atoms with Crippen LogP contribution in [0, 0.1) is 0 Å². The van der Waals surface area contributed by atoms with Gasteiger partial charge in [-0.2, -0.15) is 5.10 Å². The van der Waals surface area contributed by atoms with Gasteiger partial charge in [0.05, 0.1) is 6.04 Å². The average Bonchev–Trinajstić information content (AvgIpc) is 3.07. The lowest BCUT2D eigenvalue weighted by Crippen LogP contribution is -2.39. The number of H-pyrrole nitrogens is 1. The Morgan fingerprint density at radius 3 is 3.20 bits per heavy atom. The molecule has 1 aliphatic heterocycles. The molecule has 1 aromatic heterocycles. The van der Waals surface area contributed by atoms with Crippen LogP contribution < -0.4 is 10.1 Å². The average molecular weight is 293 g/mol. The summed E-state index contributed by atoms with van der Waals surface area (Å²) in [6.07, 6.45) is 1.39. The third-order valence-electron chi connectivity index (χ3n) is 3.19. The van der Waals surface area contributed by atoms with Crippen LogP contribution in [0.4, 0.5) is 0 Å². The molecule has 2 atom stereocenters. The van der Waals surface area contributed by atoms with E-state index in [9.17, 15) is 4.79 Å². The molecule has 1 aromatic carbocycles. The van der Waals surface area contributed by atoms with Gasteiger partial charge in [0.1, 0.15) is 17.9 Å². The lowest BCUT2D eigenvalue weighted by molar-refractivity contribution is -0.127. The molecule has 0 bridgehead atoms. The zero-order valence-electron chi connectivity index (χ0n) is 10.8. The molecule has 2 heterocycles. The third kappa shape index (κ3) is 2.46. The van der Waals surface area contributed by atoms with Crippen molar-refractivity contribution in [3.05, 3.63) is 40.9 Å². The Labute approximate surface area is 120 Å². The Kier molecular flexibility index (Phi) is 3.31. The first-order valence-corrected chi connectivity index (χ1v) is 6.62. The molecule has 0 saturated heterocycles. The molecule has 7 heteroatoms. The van der Waals surface area contributed by atoms with Crippen molar-refractivity contribution in [2.75, 3.05) is 0 Å². The number of aromatic nitrogens is 3. The van der Waals surface area contributed by atoms with E-state index in [0.717, 1.165) is 5.56 Å². The predicted molar refractivity (Wildman–Crippen MR) is 72.5 cm³/mol. The lowest BCUT2D eigenvalue weighted by atomic mass is 10.1. The van der Waals surface area contributed by atoms with E-state index in [1.165, 1.54) is 6.33 Å². The molecule has 0 fully saturated rings. The number of carbonyl (C=O) groups is 1. The van der Waals surface area contributed by atoms with Crippen LogP contribution in [-0.4, -0.2) is 27.2 Å². The second kappa shape index (κ2) is 5.13. The molecule has 0 radical (unpaired) electrons. The van der Waals surface area contributed by atoms with Crippen LogP contribution in [0.15, 0.2) is 24.5 Å². The second-order valence-electron chi connectivity index (χ2n) is 4.66. The first-order valence-electron chi connectivity index (χ1n) is 6.24. The van der Waals surface area contributed by atoms with E-state index in [0.29, 0.717) is 23.0 Å². The minimum Gasteiger partial charge on any atom is -0.480 e. The van der Waals surface area contributed by atoms with Crippen molar-refractivity contribution in [2.45, 2.75) is 25.5 Å². The lowest BCUT2D eigenvalue weighted by Gasteiger charge is -2.15. The van der Waals surface area contributed by atoms with Gasteiger partial charge in [-0.05, 0) is 30.7 Å². The maximum Gasteiger partial charge on any atom is 0.262 e. The molecule has 0 aliphatic carbocycles. The number of hydrogen-bond acceptors (Lipinski definition) is 4. The first kappa shape index (κ1) is 12.9. The molecule has 104 valence electrons. The minimum atomic E-state index is -0.533. The Morgan fingerprint density at radius 1 is 1.60 bits per heavy atom. The molecule has 1 amide bonds. The Balaban J connectivity index is 1.65. The molecule has 3 rings (SSSR count). The van der Waals surface area contributed by atoms with Gasteiger partial charge < -0.3 is 10.1 Å². The van der Waals surface area contributed by atoms with Gasteiger partial charge in [0.25, 0.3) is 5.91 Å². The van der Waals surface area contributed by atoms with Crippen LogP contribution in [0.2, 0.25) is 5.02 Å². The summed E-state index contributed by atoms with van der Waals surface area (Å²) < 4.78 is 5.63. The standard InChI is InChI=1S/C13H13ClN4O2/c1-7(12-15-6-16-18-12)17-13(19)11-5-8-4-9(14)2-3-10(8)20-11/h2-4,6-7,11H,5H2,1H3,(H,17,19)(H,15,16,18). The number of benzene rings is 1. The maximum absolute atomic E-state index is 12.2. The Bertz CT molecular complexity index is 629. The predicted octanol–water partition coefficient (Wildman–Crippen LogP) is 1.64. The number of ether oxygens (including phenoxy) is 1. The molecule has 0 saturated carbocycles. The van der Waals surface area contributed by atoms with Crippen LogP contribution in [0.5, 0.6) is 5.75 Å². The van der Waals surface area contributed by atoms with Gasteiger partial charge in [-0.3, -0.25) is 9.89 Å². The zero-order valence-corrected chi connectivity index (χ0v) is 11.5. The Hall–Kier alpha value is -2.08. The fraction of sp³-hybridized carbons (Fsp3) is 0.308. The summed E-state index contributed by atoms with van der Waals surface area (Å²) in [7, 11) is 0. The van der Waals surface area contributed by atoms with Crippen molar-refractivity contribution in [3.8, 4) is 5.75 Å². The largest absolute Gasteiger partial charge is 0.480 e. The fourth-order valence-electron chi connectivity index (χ4n) is 2.16. The van der Waals surface area contributed by atoms with Crippen LogP contribution in [-0.2, 0) is 11.2 Å². The normalized spacial score (nSPS) is 18.2. The molecule has 0 spiro atoms. The summed E-state index contributed by atoms with van der Waals surface area (Å²) in [6.45, 7) is 1.83. The highest BCUT2D eigenvalue weighted by Crippen LogP contribution is 2.31.